The van der Waals surface area contributed by atoms with Crippen LogP contribution < -0.4 is 5.32 Å². The van der Waals surface area contributed by atoms with Gasteiger partial charge in [-0.15, -0.1) is 0 Å². The molecule has 1 aliphatic rings. The Hall–Kier alpha value is -0.220. The molecule has 1 amide bonds. The predicted octanol–water partition coefficient (Wildman–Crippen LogP) is 0.560. The number of nitrogens with one attached hydrogen (secondary N) is 1. The minimum atomic E-state index is -0.364. The summed E-state index contributed by atoms with van der Waals surface area (Å²) in [7, 11) is 0. The van der Waals surface area contributed by atoms with Gasteiger partial charge in [0.2, 0.25) is 5.91 Å². The maximum atomic E-state index is 11.8. The van der Waals surface area contributed by atoms with Crippen molar-refractivity contribution in [2.45, 2.75) is 19.4 Å². The van der Waals surface area contributed by atoms with Crippen LogP contribution in [0, 0.1) is 0 Å². The highest BCUT2D eigenvalue weighted by atomic mass is 32.2. The summed E-state index contributed by atoms with van der Waals surface area (Å²) < 4.78 is 0. The topological polar surface area (TPSA) is 32.3 Å². The molecule has 1 saturated heterocycles. The molecule has 3 nitrogen and oxygen atoms in total. The Kier molecular flexibility index (Phi) is 3.62. The van der Waals surface area contributed by atoms with Gasteiger partial charge >= 0.3 is 0 Å². The molecule has 0 atom stereocenters. The van der Waals surface area contributed by atoms with Gasteiger partial charge in [0.05, 0.1) is 5.54 Å². The maximum absolute atomic E-state index is 11.8. The van der Waals surface area contributed by atoms with E-state index in [1.165, 1.54) is 0 Å². The Morgan fingerprint density at radius 3 is 2.92 bits per heavy atom. The Morgan fingerprint density at radius 2 is 2.31 bits per heavy atom. The molecule has 1 rings (SSSR count). The predicted molar refractivity (Wildman–Crippen MR) is 57.0 cm³/mol. The number of hydrogen-bond donors (Lipinski definition) is 1. The summed E-state index contributed by atoms with van der Waals surface area (Å²) in [5.41, 5.74) is -0.364. The Morgan fingerprint density at radius 1 is 1.62 bits per heavy atom. The van der Waals surface area contributed by atoms with E-state index >= 15 is 0 Å². The zero-order chi connectivity index (χ0) is 9.90. The molecule has 76 valence electrons. The normalized spacial score (nSPS) is 22.1. The number of thioether (sulfide) groups is 1. The van der Waals surface area contributed by atoms with E-state index in [2.05, 4.69) is 11.6 Å². The van der Waals surface area contributed by atoms with Gasteiger partial charge in [-0.3, -0.25) is 4.79 Å². The maximum Gasteiger partial charge on any atom is 0.242 e. The van der Waals surface area contributed by atoms with Gasteiger partial charge in [0.25, 0.3) is 0 Å². The summed E-state index contributed by atoms with van der Waals surface area (Å²) in [6, 6.07) is 0. The summed E-state index contributed by atoms with van der Waals surface area (Å²) in [6.45, 7) is 6.53. The monoisotopic (exact) mass is 202 g/mol. The Labute approximate surface area is 84.2 Å². The van der Waals surface area contributed by atoms with E-state index in [4.69, 9.17) is 0 Å². The molecule has 0 aromatic carbocycles. The van der Waals surface area contributed by atoms with E-state index in [0.29, 0.717) is 0 Å². The second-order valence-corrected chi connectivity index (χ2v) is 4.82. The van der Waals surface area contributed by atoms with Crippen molar-refractivity contribution in [3.8, 4) is 0 Å². The lowest BCUT2D eigenvalue weighted by Crippen LogP contribution is -2.61. The van der Waals surface area contributed by atoms with Crippen molar-refractivity contribution in [1.82, 2.24) is 10.2 Å². The molecule has 1 aliphatic heterocycles. The van der Waals surface area contributed by atoms with Crippen LogP contribution in [0.5, 0.6) is 0 Å². The van der Waals surface area contributed by atoms with Crippen LogP contribution in [-0.4, -0.2) is 48.0 Å². The van der Waals surface area contributed by atoms with Gasteiger partial charge < -0.3 is 10.2 Å². The Balaban J connectivity index is 2.51. The summed E-state index contributed by atoms with van der Waals surface area (Å²) in [6.07, 6.45) is 2.07. The number of piperazine rings is 1. The first-order valence-corrected chi connectivity index (χ1v) is 6.00. The average molecular weight is 202 g/mol. The van der Waals surface area contributed by atoms with Gasteiger partial charge in [0.15, 0.2) is 0 Å². The second kappa shape index (κ2) is 4.33. The molecule has 0 aliphatic carbocycles. The van der Waals surface area contributed by atoms with Gasteiger partial charge in [-0.1, -0.05) is 0 Å². The summed E-state index contributed by atoms with van der Waals surface area (Å²) in [5.74, 6) is 1.26. The van der Waals surface area contributed by atoms with Gasteiger partial charge in [-0.05, 0) is 20.1 Å². The van der Waals surface area contributed by atoms with Gasteiger partial charge in [-0.25, -0.2) is 0 Å². The van der Waals surface area contributed by atoms with E-state index in [9.17, 15) is 4.79 Å². The lowest BCUT2D eigenvalue weighted by atomic mass is 10.0. The molecule has 1 fully saturated rings. The van der Waals surface area contributed by atoms with Crippen LogP contribution in [0.1, 0.15) is 13.8 Å². The first-order valence-electron chi connectivity index (χ1n) is 4.61. The van der Waals surface area contributed by atoms with Crippen LogP contribution in [0.15, 0.2) is 0 Å². The van der Waals surface area contributed by atoms with Crippen LogP contribution in [0.2, 0.25) is 0 Å². The lowest BCUT2D eigenvalue weighted by Gasteiger charge is -2.38. The molecule has 0 bridgehead atoms. The van der Waals surface area contributed by atoms with E-state index in [0.717, 1.165) is 25.4 Å². The van der Waals surface area contributed by atoms with E-state index in [1.54, 1.807) is 11.8 Å². The third-order valence-electron chi connectivity index (χ3n) is 2.34. The van der Waals surface area contributed by atoms with E-state index in [-0.39, 0.29) is 11.4 Å². The van der Waals surface area contributed by atoms with Crippen molar-refractivity contribution in [3.05, 3.63) is 0 Å². The molecule has 1 heterocycles. The molecular weight excluding hydrogens is 184 g/mol. The molecule has 1 N–H and O–H groups in total. The number of hydrogen-bond acceptors (Lipinski definition) is 3. The fourth-order valence-corrected chi connectivity index (χ4v) is 1.89. The summed E-state index contributed by atoms with van der Waals surface area (Å²) >= 11 is 1.78. The molecule has 0 unspecified atom stereocenters. The lowest BCUT2D eigenvalue weighted by molar-refractivity contribution is -0.139. The van der Waals surface area contributed by atoms with Gasteiger partial charge in [0.1, 0.15) is 0 Å². The van der Waals surface area contributed by atoms with Crippen LogP contribution in [0.4, 0.5) is 0 Å². The third-order valence-corrected chi connectivity index (χ3v) is 2.93. The third kappa shape index (κ3) is 2.61. The number of carbonyl (C=O) groups excluding carboxylic acids is 1. The van der Waals surface area contributed by atoms with Crippen molar-refractivity contribution in [2.75, 3.05) is 31.6 Å². The minimum absolute atomic E-state index is 0.229. The first-order chi connectivity index (χ1) is 6.08. The second-order valence-electron chi connectivity index (χ2n) is 3.84. The standard InChI is InChI=1S/C9H18N2OS/c1-9(2)8(12)11(5-4-10-9)6-7-13-3/h10H,4-7H2,1-3H3. The fraction of sp³-hybridized carbons (Fsp3) is 0.889. The van der Waals surface area contributed by atoms with Crippen molar-refractivity contribution in [1.29, 1.82) is 0 Å². The summed E-state index contributed by atoms with van der Waals surface area (Å²) in [5, 5.41) is 3.22. The molecule has 0 aromatic rings. The molecule has 4 heteroatoms. The molecule has 0 saturated carbocycles. The fourth-order valence-electron chi connectivity index (χ4n) is 1.49. The number of amides is 1. The zero-order valence-corrected chi connectivity index (χ0v) is 9.41. The first kappa shape index (κ1) is 10.9. The highest BCUT2D eigenvalue weighted by Crippen LogP contribution is 2.12. The molecular formula is C9H18N2OS. The number of carbonyl (C=O) groups is 1. The SMILES string of the molecule is CSCCN1CCNC(C)(C)C1=O. The van der Waals surface area contributed by atoms with Crippen LogP contribution in [0.3, 0.4) is 0 Å². The van der Waals surface area contributed by atoms with Gasteiger partial charge in [0, 0.05) is 25.4 Å². The van der Waals surface area contributed by atoms with Crippen molar-refractivity contribution in [2.24, 2.45) is 0 Å². The van der Waals surface area contributed by atoms with E-state index < -0.39 is 0 Å². The average Bonchev–Trinajstić information content (AvgIpc) is 2.08. The molecule has 0 radical (unpaired) electrons. The van der Waals surface area contributed by atoms with Crippen LogP contribution in [-0.2, 0) is 4.79 Å². The number of rotatable bonds is 3. The van der Waals surface area contributed by atoms with Crippen molar-refractivity contribution >= 4 is 17.7 Å². The van der Waals surface area contributed by atoms with Crippen molar-refractivity contribution < 1.29 is 4.79 Å². The van der Waals surface area contributed by atoms with Crippen LogP contribution >= 0.6 is 11.8 Å². The molecule has 0 aromatic heterocycles. The Bertz CT molecular complexity index is 194. The number of nitrogens with zero attached hydrogens (tertiary/aromatic N) is 1. The highest BCUT2D eigenvalue weighted by Gasteiger charge is 2.34. The zero-order valence-electron chi connectivity index (χ0n) is 8.59. The smallest absolute Gasteiger partial charge is 0.242 e. The molecule has 13 heavy (non-hydrogen) atoms. The minimum Gasteiger partial charge on any atom is -0.339 e. The highest BCUT2D eigenvalue weighted by molar-refractivity contribution is 7.98. The van der Waals surface area contributed by atoms with Crippen molar-refractivity contribution in [3.63, 3.8) is 0 Å². The quantitative estimate of drug-likeness (QED) is 0.726. The van der Waals surface area contributed by atoms with E-state index in [1.807, 2.05) is 18.7 Å². The molecule has 0 spiro atoms. The summed E-state index contributed by atoms with van der Waals surface area (Å²) in [4.78, 5) is 13.8. The largest absolute Gasteiger partial charge is 0.339 e. The van der Waals surface area contributed by atoms with Gasteiger partial charge in [-0.2, -0.15) is 11.8 Å². The van der Waals surface area contributed by atoms with Crippen LogP contribution in [0.25, 0.3) is 0 Å².